The zero-order chi connectivity index (χ0) is 15.4. The largest absolute Gasteiger partial charge is 0.389 e. The molecule has 0 saturated carbocycles. The molecule has 2 atom stereocenters. The Morgan fingerprint density at radius 1 is 1.15 bits per heavy atom. The Labute approximate surface area is 123 Å². The van der Waals surface area contributed by atoms with Gasteiger partial charge in [-0.25, -0.2) is 0 Å². The van der Waals surface area contributed by atoms with Crippen LogP contribution in [-0.4, -0.2) is 73.4 Å². The van der Waals surface area contributed by atoms with Crippen LogP contribution in [0, 0.1) is 0 Å². The summed E-state index contributed by atoms with van der Waals surface area (Å²) < 4.78 is 16.6. The maximum Gasteiger partial charge on any atom is 0.0900 e. The van der Waals surface area contributed by atoms with Crippen LogP contribution in [0.4, 0.5) is 0 Å². The minimum absolute atomic E-state index is 0.00669. The molecule has 2 unspecified atom stereocenters. The molecule has 1 aliphatic heterocycles. The molecule has 1 aliphatic rings. The number of β-amino-alcohol motifs (C(OH)–C–C–N with tert-alkyl or cyclic N) is 1. The number of ether oxygens (including phenoxy) is 3. The number of hydrogen-bond donors (Lipinski definition) is 1. The lowest BCUT2D eigenvalue weighted by Crippen LogP contribution is -2.58. The summed E-state index contributed by atoms with van der Waals surface area (Å²) in [7, 11) is 1.65. The summed E-state index contributed by atoms with van der Waals surface area (Å²) in [5.74, 6) is 0. The van der Waals surface area contributed by atoms with Crippen LogP contribution >= 0.6 is 0 Å². The molecular weight excluding hydrogens is 258 g/mol. The maximum absolute atomic E-state index is 10.1. The molecule has 0 radical (unpaired) electrons. The van der Waals surface area contributed by atoms with E-state index in [1.165, 1.54) is 0 Å². The quantitative estimate of drug-likeness (QED) is 0.765. The second kappa shape index (κ2) is 7.18. The lowest BCUT2D eigenvalue weighted by Gasteiger charge is -2.47. The van der Waals surface area contributed by atoms with Gasteiger partial charge >= 0.3 is 0 Å². The monoisotopic (exact) mass is 289 g/mol. The Kier molecular flexibility index (Phi) is 6.41. The van der Waals surface area contributed by atoms with E-state index in [1.54, 1.807) is 7.11 Å². The number of nitrogens with zero attached hydrogens (tertiary/aromatic N) is 1. The molecule has 1 saturated heterocycles. The van der Waals surface area contributed by atoms with Crippen LogP contribution in [0.25, 0.3) is 0 Å². The minimum Gasteiger partial charge on any atom is -0.389 e. The van der Waals surface area contributed by atoms with Gasteiger partial charge in [-0.1, -0.05) is 0 Å². The fourth-order valence-corrected chi connectivity index (χ4v) is 2.98. The molecule has 0 aromatic heterocycles. The van der Waals surface area contributed by atoms with E-state index in [9.17, 15) is 5.11 Å². The summed E-state index contributed by atoms with van der Waals surface area (Å²) in [4.78, 5) is 2.25. The van der Waals surface area contributed by atoms with Crippen molar-refractivity contribution in [2.24, 2.45) is 0 Å². The molecule has 120 valence electrons. The summed E-state index contributed by atoms with van der Waals surface area (Å²) in [6.45, 7) is 13.4. The molecule has 0 aliphatic carbocycles. The average Bonchev–Trinajstić information content (AvgIpc) is 2.22. The summed E-state index contributed by atoms with van der Waals surface area (Å²) in [6, 6.07) is 0. The summed E-state index contributed by atoms with van der Waals surface area (Å²) in [6.07, 6.45) is -0.480. The van der Waals surface area contributed by atoms with Gasteiger partial charge in [-0.2, -0.15) is 0 Å². The average molecular weight is 289 g/mol. The van der Waals surface area contributed by atoms with Crippen LogP contribution in [0.5, 0.6) is 0 Å². The highest BCUT2D eigenvalue weighted by Crippen LogP contribution is 2.27. The van der Waals surface area contributed by atoms with Crippen LogP contribution < -0.4 is 0 Å². The van der Waals surface area contributed by atoms with Crippen LogP contribution in [0.15, 0.2) is 0 Å². The molecule has 5 nitrogen and oxygen atoms in total. The van der Waals surface area contributed by atoms with Crippen LogP contribution in [-0.2, 0) is 14.2 Å². The summed E-state index contributed by atoms with van der Waals surface area (Å²) in [5.41, 5.74) is -0.378. The molecule has 20 heavy (non-hydrogen) atoms. The van der Waals surface area contributed by atoms with Gasteiger partial charge in [0.2, 0.25) is 0 Å². The normalized spacial score (nSPS) is 25.4. The first kappa shape index (κ1) is 17.9. The van der Waals surface area contributed by atoms with E-state index in [2.05, 4.69) is 32.6 Å². The van der Waals surface area contributed by atoms with Crippen molar-refractivity contribution in [3.8, 4) is 0 Å². The fraction of sp³-hybridized carbons (Fsp3) is 1.00. The Hall–Kier alpha value is -0.200. The van der Waals surface area contributed by atoms with Crippen LogP contribution in [0.1, 0.15) is 34.6 Å². The van der Waals surface area contributed by atoms with Crippen LogP contribution in [0.2, 0.25) is 0 Å². The third-order valence-corrected chi connectivity index (χ3v) is 3.20. The minimum atomic E-state index is -0.487. The molecular formula is C15H31NO4. The maximum atomic E-state index is 10.1. The number of aliphatic hydroxyl groups excluding tert-OH is 1. The van der Waals surface area contributed by atoms with Crippen molar-refractivity contribution in [3.63, 3.8) is 0 Å². The second-order valence-corrected chi connectivity index (χ2v) is 7.04. The molecule has 0 bridgehead atoms. The first-order valence-electron chi connectivity index (χ1n) is 7.35. The van der Waals surface area contributed by atoms with Gasteiger partial charge in [0.1, 0.15) is 0 Å². The van der Waals surface area contributed by atoms with Crippen molar-refractivity contribution in [1.82, 2.24) is 4.90 Å². The van der Waals surface area contributed by atoms with Crippen molar-refractivity contribution in [2.45, 2.75) is 58.0 Å². The highest BCUT2D eigenvalue weighted by molar-refractivity contribution is 4.89. The molecule has 1 N–H and O–H groups in total. The molecule has 1 fully saturated rings. The van der Waals surface area contributed by atoms with Gasteiger partial charge < -0.3 is 19.3 Å². The SMILES string of the molecule is COCC(C)OCC(O)CN1CC(C)(C)OC(C)(C)C1. The third kappa shape index (κ3) is 6.50. The van der Waals surface area contributed by atoms with E-state index in [1.807, 2.05) is 6.92 Å². The van der Waals surface area contributed by atoms with E-state index in [0.29, 0.717) is 19.8 Å². The first-order valence-corrected chi connectivity index (χ1v) is 7.35. The van der Waals surface area contributed by atoms with E-state index in [0.717, 1.165) is 13.1 Å². The number of hydrogen-bond acceptors (Lipinski definition) is 5. The van der Waals surface area contributed by atoms with Crippen molar-refractivity contribution < 1.29 is 19.3 Å². The van der Waals surface area contributed by atoms with E-state index in [-0.39, 0.29) is 17.3 Å². The fourth-order valence-electron chi connectivity index (χ4n) is 2.98. The number of rotatable bonds is 7. The van der Waals surface area contributed by atoms with Crippen molar-refractivity contribution >= 4 is 0 Å². The van der Waals surface area contributed by atoms with Gasteiger partial charge in [0, 0.05) is 26.7 Å². The molecule has 1 heterocycles. The molecule has 0 amide bonds. The van der Waals surface area contributed by atoms with Gasteiger partial charge in [-0.3, -0.25) is 4.90 Å². The van der Waals surface area contributed by atoms with E-state index < -0.39 is 6.10 Å². The summed E-state index contributed by atoms with van der Waals surface area (Å²) in [5, 5.41) is 10.1. The lowest BCUT2D eigenvalue weighted by atomic mass is 9.98. The van der Waals surface area contributed by atoms with Crippen molar-refractivity contribution in [1.29, 1.82) is 0 Å². The standard InChI is InChI=1S/C15H31NO4/c1-12(8-18-6)19-9-13(17)7-16-10-14(2,3)20-15(4,5)11-16/h12-13,17H,7-11H2,1-6H3. The van der Waals surface area contributed by atoms with E-state index >= 15 is 0 Å². The molecule has 0 spiro atoms. The van der Waals surface area contributed by atoms with Gasteiger partial charge in [-0.05, 0) is 34.6 Å². The highest BCUT2D eigenvalue weighted by Gasteiger charge is 2.38. The predicted octanol–water partition coefficient (Wildman–Crippen LogP) is 1.29. The molecule has 5 heteroatoms. The van der Waals surface area contributed by atoms with Gasteiger partial charge in [0.25, 0.3) is 0 Å². The second-order valence-electron chi connectivity index (χ2n) is 7.04. The smallest absolute Gasteiger partial charge is 0.0900 e. The molecule has 0 aromatic carbocycles. The van der Waals surface area contributed by atoms with Gasteiger partial charge in [0.05, 0.1) is 36.6 Å². The van der Waals surface area contributed by atoms with Crippen molar-refractivity contribution in [2.75, 3.05) is 40.0 Å². The van der Waals surface area contributed by atoms with E-state index in [4.69, 9.17) is 14.2 Å². The lowest BCUT2D eigenvalue weighted by molar-refractivity contribution is -0.185. The third-order valence-electron chi connectivity index (χ3n) is 3.20. The Morgan fingerprint density at radius 3 is 2.20 bits per heavy atom. The van der Waals surface area contributed by atoms with Crippen LogP contribution in [0.3, 0.4) is 0 Å². The first-order chi connectivity index (χ1) is 9.13. The number of morpholine rings is 1. The van der Waals surface area contributed by atoms with Gasteiger partial charge in [-0.15, -0.1) is 0 Å². The molecule has 1 rings (SSSR count). The Balaban J connectivity index is 2.39. The number of aliphatic hydroxyl groups is 1. The Morgan fingerprint density at radius 2 is 1.70 bits per heavy atom. The van der Waals surface area contributed by atoms with Crippen molar-refractivity contribution in [3.05, 3.63) is 0 Å². The Bertz CT molecular complexity index is 278. The topological polar surface area (TPSA) is 51.2 Å². The number of methoxy groups -OCH3 is 1. The predicted molar refractivity (Wildman–Crippen MR) is 79.0 cm³/mol. The molecule has 0 aromatic rings. The zero-order valence-electron chi connectivity index (χ0n) is 13.8. The summed E-state index contributed by atoms with van der Waals surface area (Å²) >= 11 is 0. The van der Waals surface area contributed by atoms with Gasteiger partial charge in [0.15, 0.2) is 0 Å². The zero-order valence-corrected chi connectivity index (χ0v) is 13.8. The highest BCUT2D eigenvalue weighted by atomic mass is 16.5.